The Hall–Kier alpha value is -2.44. The summed E-state index contributed by atoms with van der Waals surface area (Å²) < 4.78 is 5.70. The minimum atomic E-state index is -0.0688. The lowest BCUT2D eigenvalue weighted by Crippen LogP contribution is -2.17. The number of aromatic nitrogens is 1. The fraction of sp³-hybridized carbons (Fsp3) is 0.348. The number of anilines is 1. The smallest absolute Gasteiger partial charge is 0.207 e. The number of rotatable bonds is 6. The second-order valence-electron chi connectivity index (χ2n) is 7.89. The molecule has 30 heavy (non-hydrogen) atoms. The van der Waals surface area contributed by atoms with Gasteiger partial charge in [0.25, 0.3) is 0 Å². The van der Waals surface area contributed by atoms with E-state index in [1.807, 2.05) is 24.1 Å². The van der Waals surface area contributed by atoms with Crippen molar-refractivity contribution in [2.45, 2.75) is 46.6 Å². The summed E-state index contributed by atoms with van der Waals surface area (Å²) in [6.45, 7) is 7.90. The van der Waals surface area contributed by atoms with Crippen LogP contribution >= 0.6 is 23.7 Å². The number of hydrogen-bond acceptors (Lipinski definition) is 6. The van der Waals surface area contributed by atoms with E-state index in [1.165, 1.54) is 16.9 Å². The van der Waals surface area contributed by atoms with Crippen LogP contribution in [0.5, 0.6) is 0 Å². The zero-order chi connectivity index (χ0) is 20.5. The number of carbonyl (C=O) groups is 1. The SMILES string of the molecule is CC(=O)c1sc(N2N=C(c3ccc(CC(C)C)cc3)CC2c2ccco2)nc1C.Cl. The number of ketones is 1. The zero-order valence-electron chi connectivity index (χ0n) is 17.6. The molecule has 1 aromatic carbocycles. The van der Waals surface area contributed by atoms with Gasteiger partial charge in [-0.25, -0.2) is 9.99 Å². The average molecular weight is 444 g/mol. The van der Waals surface area contributed by atoms with Gasteiger partial charge in [-0.15, -0.1) is 12.4 Å². The van der Waals surface area contributed by atoms with Crippen LogP contribution < -0.4 is 5.01 Å². The number of aryl methyl sites for hydroxylation is 1. The average Bonchev–Trinajstić information content (AvgIpc) is 3.40. The molecule has 0 spiro atoms. The Balaban J connectivity index is 0.00000256. The van der Waals surface area contributed by atoms with E-state index in [2.05, 4.69) is 43.1 Å². The Labute approximate surface area is 187 Å². The fourth-order valence-electron chi connectivity index (χ4n) is 3.68. The first-order chi connectivity index (χ1) is 13.9. The Morgan fingerprint density at radius 2 is 2.00 bits per heavy atom. The molecule has 7 heteroatoms. The van der Waals surface area contributed by atoms with Gasteiger partial charge >= 0.3 is 0 Å². The van der Waals surface area contributed by atoms with E-state index in [0.717, 1.165) is 40.7 Å². The standard InChI is InChI=1S/C23H25N3O2S.ClH/c1-14(2)12-17-7-9-18(10-8-17)19-13-20(21-6-5-11-28-21)26(25-19)23-24-15(3)22(29-23)16(4)27;/h5-11,14,20H,12-13H2,1-4H3;1H. The lowest BCUT2D eigenvalue weighted by molar-refractivity contribution is 0.102. The number of halogens is 1. The number of thiazole rings is 1. The molecule has 0 N–H and O–H groups in total. The quantitative estimate of drug-likeness (QED) is 0.424. The molecule has 1 aliphatic rings. The number of hydrazone groups is 1. The molecular formula is C23H26ClN3O2S. The van der Waals surface area contributed by atoms with Crippen molar-refractivity contribution >= 4 is 40.4 Å². The van der Waals surface area contributed by atoms with Gasteiger partial charge in [0.05, 0.1) is 22.5 Å². The number of benzene rings is 1. The molecule has 0 amide bonds. The third kappa shape index (κ3) is 4.50. The zero-order valence-corrected chi connectivity index (χ0v) is 19.2. The molecule has 158 valence electrons. The summed E-state index contributed by atoms with van der Waals surface area (Å²) in [5, 5.41) is 7.52. The van der Waals surface area contributed by atoms with Gasteiger partial charge in [0, 0.05) is 13.3 Å². The lowest BCUT2D eigenvalue weighted by atomic mass is 9.98. The predicted molar refractivity (Wildman–Crippen MR) is 124 cm³/mol. The summed E-state index contributed by atoms with van der Waals surface area (Å²) in [5.74, 6) is 1.51. The molecule has 1 unspecified atom stereocenters. The number of furan rings is 1. The summed E-state index contributed by atoms with van der Waals surface area (Å²) in [5.41, 5.74) is 4.19. The molecule has 4 rings (SSSR count). The first-order valence-corrected chi connectivity index (χ1v) is 10.7. The largest absolute Gasteiger partial charge is 0.467 e. The summed E-state index contributed by atoms with van der Waals surface area (Å²) in [7, 11) is 0. The molecule has 3 heterocycles. The Morgan fingerprint density at radius 1 is 1.27 bits per heavy atom. The summed E-state index contributed by atoms with van der Waals surface area (Å²) >= 11 is 1.39. The fourth-order valence-corrected chi connectivity index (χ4v) is 4.64. The molecule has 0 saturated carbocycles. The molecule has 0 fully saturated rings. The van der Waals surface area contributed by atoms with Gasteiger partial charge < -0.3 is 4.42 Å². The van der Waals surface area contributed by atoms with E-state index >= 15 is 0 Å². The van der Waals surface area contributed by atoms with Crippen molar-refractivity contribution in [3.05, 3.63) is 70.1 Å². The molecule has 0 aliphatic carbocycles. The maximum Gasteiger partial charge on any atom is 0.207 e. The predicted octanol–water partition coefficient (Wildman–Crippen LogP) is 6.22. The minimum absolute atomic E-state index is 0. The monoisotopic (exact) mass is 443 g/mol. The van der Waals surface area contributed by atoms with Gasteiger partial charge in [-0.05, 0) is 42.5 Å². The molecule has 1 atom stereocenters. The van der Waals surface area contributed by atoms with Crippen molar-refractivity contribution in [2.24, 2.45) is 11.0 Å². The number of hydrogen-bond donors (Lipinski definition) is 0. The molecule has 0 bridgehead atoms. The van der Waals surface area contributed by atoms with Crippen molar-refractivity contribution in [3.63, 3.8) is 0 Å². The highest BCUT2D eigenvalue weighted by Gasteiger charge is 2.34. The third-order valence-electron chi connectivity index (χ3n) is 5.01. The highest BCUT2D eigenvalue weighted by molar-refractivity contribution is 7.17. The maximum absolute atomic E-state index is 11.9. The van der Waals surface area contributed by atoms with Crippen molar-refractivity contribution in [1.82, 2.24) is 4.98 Å². The van der Waals surface area contributed by atoms with Crippen molar-refractivity contribution in [2.75, 3.05) is 5.01 Å². The van der Waals surface area contributed by atoms with E-state index in [-0.39, 0.29) is 24.2 Å². The van der Waals surface area contributed by atoms with Gasteiger partial charge in [0.2, 0.25) is 5.13 Å². The van der Waals surface area contributed by atoms with E-state index < -0.39 is 0 Å². The first kappa shape index (κ1) is 22.2. The van der Waals surface area contributed by atoms with Crippen molar-refractivity contribution < 1.29 is 9.21 Å². The number of carbonyl (C=O) groups excluding carboxylic acids is 1. The highest BCUT2D eigenvalue weighted by Crippen LogP contribution is 2.39. The van der Waals surface area contributed by atoms with Crippen LogP contribution in [0.15, 0.2) is 52.2 Å². The number of nitrogens with zero attached hydrogens (tertiary/aromatic N) is 3. The van der Waals surface area contributed by atoms with Gasteiger partial charge in [-0.2, -0.15) is 5.10 Å². The van der Waals surface area contributed by atoms with Crippen LogP contribution in [0.1, 0.15) is 65.5 Å². The number of Topliss-reactive ketones (excluding diaryl/α,β-unsaturated/α-hetero) is 1. The van der Waals surface area contributed by atoms with Crippen LogP contribution in [0.3, 0.4) is 0 Å². The van der Waals surface area contributed by atoms with Crippen molar-refractivity contribution in [1.29, 1.82) is 0 Å². The molecule has 1 aliphatic heterocycles. The molecule has 2 aromatic heterocycles. The van der Waals surface area contributed by atoms with Crippen LogP contribution in [-0.4, -0.2) is 16.5 Å². The van der Waals surface area contributed by atoms with Crippen LogP contribution in [-0.2, 0) is 6.42 Å². The molecule has 3 aromatic rings. The molecule has 0 saturated heterocycles. The van der Waals surface area contributed by atoms with Crippen molar-refractivity contribution in [3.8, 4) is 0 Å². The summed E-state index contributed by atoms with van der Waals surface area (Å²) in [4.78, 5) is 17.2. The summed E-state index contributed by atoms with van der Waals surface area (Å²) in [6, 6.07) is 12.4. The second kappa shape index (κ2) is 9.14. The topological polar surface area (TPSA) is 58.7 Å². The minimum Gasteiger partial charge on any atom is -0.467 e. The van der Waals surface area contributed by atoms with Gasteiger partial charge in [0.1, 0.15) is 11.8 Å². The van der Waals surface area contributed by atoms with Crippen LogP contribution in [0.25, 0.3) is 0 Å². The van der Waals surface area contributed by atoms with E-state index in [1.54, 1.807) is 13.2 Å². The van der Waals surface area contributed by atoms with E-state index in [0.29, 0.717) is 10.8 Å². The third-order valence-corrected chi connectivity index (χ3v) is 6.26. The molecule has 5 nitrogen and oxygen atoms in total. The van der Waals surface area contributed by atoms with E-state index in [4.69, 9.17) is 9.52 Å². The van der Waals surface area contributed by atoms with Crippen LogP contribution in [0.4, 0.5) is 5.13 Å². The normalized spacial score (nSPS) is 16.0. The lowest BCUT2D eigenvalue weighted by Gasteiger charge is -2.18. The van der Waals surface area contributed by atoms with Gasteiger partial charge in [-0.3, -0.25) is 4.79 Å². The highest BCUT2D eigenvalue weighted by atomic mass is 35.5. The maximum atomic E-state index is 11.9. The Kier molecular flexibility index (Phi) is 6.78. The van der Waals surface area contributed by atoms with Gasteiger partial charge in [0.15, 0.2) is 5.78 Å². The molecular weight excluding hydrogens is 418 g/mol. The molecule has 0 radical (unpaired) electrons. The van der Waals surface area contributed by atoms with Crippen LogP contribution in [0, 0.1) is 12.8 Å². The second-order valence-corrected chi connectivity index (χ2v) is 8.87. The Bertz CT molecular complexity index is 1040. The van der Waals surface area contributed by atoms with E-state index in [9.17, 15) is 4.79 Å². The van der Waals surface area contributed by atoms with Crippen LogP contribution in [0.2, 0.25) is 0 Å². The summed E-state index contributed by atoms with van der Waals surface area (Å²) in [6.07, 6.45) is 3.48. The van der Waals surface area contributed by atoms with Gasteiger partial charge in [-0.1, -0.05) is 49.4 Å². The first-order valence-electron chi connectivity index (χ1n) is 9.90. The Morgan fingerprint density at radius 3 is 2.57 bits per heavy atom.